The fourth-order valence-electron chi connectivity index (χ4n) is 2.54. The summed E-state index contributed by atoms with van der Waals surface area (Å²) in [5.41, 5.74) is 3.03. The molecule has 0 radical (unpaired) electrons. The second-order valence-corrected chi connectivity index (χ2v) is 5.32. The lowest BCUT2D eigenvalue weighted by molar-refractivity contribution is 0.0471. The van der Waals surface area contributed by atoms with Crippen LogP contribution in [0.2, 0.25) is 0 Å². The molecular weight excluding hydrogens is 206 g/mol. The van der Waals surface area contributed by atoms with Gasteiger partial charge in [-0.15, -0.1) is 11.3 Å². The number of hydrogen-bond acceptors (Lipinski definition) is 3. The number of nitrogens with zero attached hydrogens (tertiary/aromatic N) is 1. The molecule has 0 aliphatic heterocycles. The predicted octanol–water partition coefficient (Wildman–Crippen LogP) is 2.87. The van der Waals surface area contributed by atoms with E-state index in [1.54, 1.807) is 11.3 Å². The monoisotopic (exact) mass is 225 g/mol. The van der Waals surface area contributed by atoms with Gasteiger partial charge in [0.2, 0.25) is 0 Å². The van der Waals surface area contributed by atoms with E-state index in [2.05, 4.69) is 17.3 Å². The Bertz CT molecular complexity index is 286. The van der Waals surface area contributed by atoms with Crippen molar-refractivity contribution in [2.24, 2.45) is 11.8 Å². The number of aromatic nitrogens is 1. The Balaban J connectivity index is 1.94. The molecule has 1 aliphatic rings. The molecule has 3 atom stereocenters. The van der Waals surface area contributed by atoms with Crippen LogP contribution in [0.15, 0.2) is 10.9 Å². The molecule has 3 heteroatoms. The number of hydrogen-bond donors (Lipinski definition) is 1. The first-order valence-corrected chi connectivity index (χ1v) is 6.79. The van der Waals surface area contributed by atoms with Crippen LogP contribution in [0, 0.1) is 11.8 Å². The minimum absolute atomic E-state index is 0.102. The zero-order chi connectivity index (χ0) is 10.7. The highest BCUT2D eigenvalue weighted by atomic mass is 32.1. The molecule has 0 amide bonds. The molecule has 15 heavy (non-hydrogen) atoms. The van der Waals surface area contributed by atoms with Gasteiger partial charge in [-0.25, -0.2) is 4.98 Å². The zero-order valence-corrected chi connectivity index (χ0v) is 10.0. The standard InChI is InChI=1S/C12H19NOS/c1-2-9-3-4-12(14)10(5-9)6-11-7-15-8-13-11/h7-10,12,14H,2-6H2,1H3. The number of aliphatic hydroxyl groups excluding tert-OH is 1. The van der Waals surface area contributed by atoms with Crippen LogP contribution in [0.4, 0.5) is 0 Å². The SMILES string of the molecule is CCC1CCC(O)C(Cc2cscn2)C1. The van der Waals surface area contributed by atoms with Crippen LogP contribution in [0.5, 0.6) is 0 Å². The van der Waals surface area contributed by atoms with Gasteiger partial charge in [0.25, 0.3) is 0 Å². The van der Waals surface area contributed by atoms with E-state index in [9.17, 15) is 5.11 Å². The fourth-order valence-corrected chi connectivity index (χ4v) is 3.11. The van der Waals surface area contributed by atoms with E-state index in [1.807, 2.05) is 5.51 Å². The number of rotatable bonds is 3. The van der Waals surface area contributed by atoms with Crippen LogP contribution in [0.3, 0.4) is 0 Å². The van der Waals surface area contributed by atoms with Crippen LogP contribution >= 0.6 is 11.3 Å². The highest BCUT2D eigenvalue weighted by molar-refractivity contribution is 7.07. The molecule has 3 unspecified atom stereocenters. The Morgan fingerprint density at radius 3 is 3.07 bits per heavy atom. The Kier molecular flexibility index (Phi) is 3.76. The van der Waals surface area contributed by atoms with Crippen molar-refractivity contribution in [3.05, 3.63) is 16.6 Å². The van der Waals surface area contributed by atoms with Crippen molar-refractivity contribution in [3.8, 4) is 0 Å². The second-order valence-electron chi connectivity index (χ2n) is 4.60. The second kappa shape index (κ2) is 5.08. The lowest BCUT2D eigenvalue weighted by atomic mass is 9.76. The molecule has 1 fully saturated rings. The van der Waals surface area contributed by atoms with Crippen LogP contribution < -0.4 is 0 Å². The molecule has 0 bridgehead atoms. The van der Waals surface area contributed by atoms with Crippen LogP contribution in [-0.4, -0.2) is 16.2 Å². The summed E-state index contributed by atoms with van der Waals surface area (Å²) in [6.45, 7) is 2.25. The van der Waals surface area contributed by atoms with E-state index < -0.39 is 0 Å². The van der Waals surface area contributed by atoms with E-state index in [0.717, 1.165) is 24.5 Å². The van der Waals surface area contributed by atoms with Gasteiger partial charge in [-0.1, -0.05) is 13.3 Å². The maximum absolute atomic E-state index is 9.96. The average Bonchev–Trinajstić information content (AvgIpc) is 2.74. The molecule has 0 spiro atoms. The Hall–Kier alpha value is -0.410. The normalized spacial score (nSPS) is 31.7. The minimum Gasteiger partial charge on any atom is -0.393 e. The van der Waals surface area contributed by atoms with Crippen LogP contribution in [0.1, 0.15) is 38.3 Å². The quantitative estimate of drug-likeness (QED) is 0.858. The first-order valence-electron chi connectivity index (χ1n) is 5.84. The third kappa shape index (κ3) is 2.79. The summed E-state index contributed by atoms with van der Waals surface area (Å²) in [7, 11) is 0. The van der Waals surface area contributed by atoms with Gasteiger partial charge < -0.3 is 5.11 Å². The molecule has 1 aromatic heterocycles. The molecule has 1 aromatic rings. The van der Waals surface area contributed by atoms with Crippen LogP contribution in [0.25, 0.3) is 0 Å². The van der Waals surface area contributed by atoms with Crippen molar-refractivity contribution in [3.63, 3.8) is 0 Å². The summed E-state index contributed by atoms with van der Waals surface area (Å²) in [5.74, 6) is 1.25. The predicted molar refractivity (Wildman–Crippen MR) is 62.9 cm³/mol. The van der Waals surface area contributed by atoms with E-state index in [4.69, 9.17) is 0 Å². The van der Waals surface area contributed by atoms with Gasteiger partial charge in [0.05, 0.1) is 17.3 Å². The zero-order valence-electron chi connectivity index (χ0n) is 9.22. The lowest BCUT2D eigenvalue weighted by Crippen LogP contribution is -2.30. The first-order chi connectivity index (χ1) is 7.29. The van der Waals surface area contributed by atoms with Crippen LogP contribution in [-0.2, 0) is 6.42 Å². The molecule has 1 heterocycles. The Morgan fingerprint density at radius 2 is 2.40 bits per heavy atom. The van der Waals surface area contributed by atoms with Crippen molar-refractivity contribution >= 4 is 11.3 Å². The van der Waals surface area contributed by atoms with Gasteiger partial charge in [-0.3, -0.25) is 0 Å². The summed E-state index contributed by atoms with van der Waals surface area (Å²) in [5, 5.41) is 12.1. The van der Waals surface area contributed by atoms with E-state index in [-0.39, 0.29) is 6.10 Å². The lowest BCUT2D eigenvalue weighted by Gasteiger charge is -2.32. The molecule has 0 saturated heterocycles. The third-order valence-corrected chi connectivity index (χ3v) is 4.22. The molecule has 1 saturated carbocycles. The Morgan fingerprint density at radius 1 is 1.53 bits per heavy atom. The molecular formula is C12H19NOS. The van der Waals surface area contributed by atoms with Gasteiger partial charge in [0.15, 0.2) is 0 Å². The highest BCUT2D eigenvalue weighted by Gasteiger charge is 2.28. The number of thiazole rings is 1. The Labute approximate surface area is 95.4 Å². The maximum Gasteiger partial charge on any atom is 0.0794 e. The summed E-state index contributed by atoms with van der Waals surface area (Å²) in [4.78, 5) is 4.30. The minimum atomic E-state index is -0.102. The van der Waals surface area contributed by atoms with Crippen molar-refractivity contribution in [2.45, 2.75) is 45.1 Å². The summed E-state index contributed by atoms with van der Waals surface area (Å²) < 4.78 is 0. The third-order valence-electron chi connectivity index (χ3n) is 3.58. The van der Waals surface area contributed by atoms with Crippen molar-refractivity contribution in [1.82, 2.24) is 4.98 Å². The van der Waals surface area contributed by atoms with Gasteiger partial charge in [0, 0.05) is 5.38 Å². The fraction of sp³-hybridized carbons (Fsp3) is 0.750. The summed E-state index contributed by atoms with van der Waals surface area (Å²) in [6, 6.07) is 0. The highest BCUT2D eigenvalue weighted by Crippen LogP contribution is 2.33. The van der Waals surface area contributed by atoms with Gasteiger partial charge in [-0.2, -0.15) is 0 Å². The van der Waals surface area contributed by atoms with Gasteiger partial charge >= 0.3 is 0 Å². The van der Waals surface area contributed by atoms with Gasteiger partial charge in [0.1, 0.15) is 0 Å². The van der Waals surface area contributed by atoms with Crippen molar-refractivity contribution in [1.29, 1.82) is 0 Å². The molecule has 2 nitrogen and oxygen atoms in total. The largest absolute Gasteiger partial charge is 0.393 e. The molecule has 84 valence electrons. The van der Waals surface area contributed by atoms with Crippen molar-refractivity contribution in [2.75, 3.05) is 0 Å². The first kappa shape index (κ1) is 11.1. The summed E-state index contributed by atoms with van der Waals surface area (Å²) in [6.07, 6.45) is 5.46. The van der Waals surface area contributed by atoms with E-state index in [1.165, 1.54) is 19.3 Å². The smallest absolute Gasteiger partial charge is 0.0794 e. The van der Waals surface area contributed by atoms with Gasteiger partial charge in [-0.05, 0) is 37.5 Å². The van der Waals surface area contributed by atoms with E-state index in [0.29, 0.717) is 5.92 Å². The molecule has 1 aliphatic carbocycles. The molecule has 2 rings (SSSR count). The molecule has 1 N–H and O–H groups in total. The van der Waals surface area contributed by atoms with Crippen molar-refractivity contribution < 1.29 is 5.11 Å². The topological polar surface area (TPSA) is 33.1 Å². The molecule has 0 aromatic carbocycles. The maximum atomic E-state index is 9.96. The summed E-state index contributed by atoms with van der Waals surface area (Å²) >= 11 is 1.64. The number of aliphatic hydroxyl groups is 1. The average molecular weight is 225 g/mol. The van der Waals surface area contributed by atoms with E-state index >= 15 is 0 Å².